The lowest BCUT2D eigenvalue weighted by molar-refractivity contribution is -0.118. The van der Waals surface area contributed by atoms with Crippen LogP contribution < -0.4 is 14.5 Å². The molecule has 0 radical (unpaired) electrons. The van der Waals surface area contributed by atoms with E-state index in [1.165, 1.54) is 0 Å². The minimum absolute atomic E-state index is 0.00353. The van der Waals surface area contributed by atoms with Gasteiger partial charge in [0.25, 0.3) is 0 Å². The highest BCUT2D eigenvalue weighted by Crippen LogP contribution is 2.37. The van der Waals surface area contributed by atoms with E-state index in [4.69, 9.17) is 19.4 Å². The summed E-state index contributed by atoms with van der Waals surface area (Å²) in [5, 5.41) is 1.07. The number of aromatic amines is 1. The lowest BCUT2D eigenvalue weighted by atomic mass is 10.1. The number of hydrogen-bond donors (Lipinski definition) is 1. The molecule has 2 aromatic carbocycles. The van der Waals surface area contributed by atoms with E-state index in [1.54, 1.807) is 13.3 Å². The molecule has 4 heterocycles. The zero-order valence-corrected chi connectivity index (χ0v) is 18.9. The van der Waals surface area contributed by atoms with Gasteiger partial charge in [0.15, 0.2) is 11.6 Å². The molecule has 1 fully saturated rings. The van der Waals surface area contributed by atoms with Crippen molar-refractivity contribution >= 4 is 28.3 Å². The molecule has 2 aliphatic heterocycles. The number of fused-ring (bicyclic) bond motifs is 4. The molecular weight excluding hydrogens is 430 g/mol. The quantitative estimate of drug-likeness (QED) is 0.508. The van der Waals surface area contributed by atoms with E-state index >= 15 is 0 Å². The molecule has 6 rings (SSSR count). The number of amides is 1. The summed E-state index contributed by atoms with van der Waals surface area (Å²) < 4.78 is 11.1. The van der Waals surface area contributed by atoms with Crippen LogP contribution in [-0.2, 0) is 16.0 Å². The Morgan fingerprint density at radius 1 is 1.24 bits per heavy atom. The third-order valence-electron chi connectivity index (χ3n) is 6.56. The Bertz CT molecular complexity index is 1370. The van der Waals surface area contributed by atoms with Gasteiger partial charge in [0.05, 0.1) is 39.0 Å². The molecule has 8 nitrogen and oxygen atoms in total. The van der Waals surface area contributed by atoms with Crippen LogP contribution in [0.15, 0.2) is 60.9 Å². The minimum atomic E-state index is 0.00353. The molecule has 1 N–H and O–H groups in total. The van der Waals surface area contributed by atoms with Gasteiger partial charge in [-0.2, -0.15) is 0 Å². The highest BCUT2D eigenvalue weighted by Gasteiger charge is 2.37. The lowest BCUT2D eigenvalue weighted by Crippen LogP contribution is -2.57. The number of nitrogens with one attached hydrogen (secondary N) is 1. The van der Waals surface area contributed by atoms with Crippen molar-refractivity contribution in [2.45, 2.75) is 12.5 Å². The van der Waals surface area contributed by atoms with E-state index in [9.17, 15) is 4.79 Å². The fraction of sp³-hybridized carbons (Fsp3) is 0.269. The first-order valence-corrected chi connectivity index (χ1v) is 11.4. The Hall–Kier alpha value is -3.91. The molecule has 0 aliphatic carbocycles. The summed E-state index contributed by atoms with van der Waals surface area (Å²) in [5.74, 6) is 2.18. The summed E-state index contributed by atoms with van der Waals surface area (Å²) in [7, 11) is 1.63. The van der Waals surface area contributed by atoms with Gasteiger partial charge in [-0.1, -0.05) is 24.3 Å². The molecule has 0 spiro atoms. The average Bonchev–Trinajstić information content (AvgIpc) is 3.37. The highest BCUT2D eigenvalue weighted by atomic mass is 16.5. The van der Waals surface area contributed by atoms with Crippen LogP contribution in [0.2, 0.25) is 0 Å². The monoisotopic (exact) mass is 455 g/mol. The minimum Gasteiger partial charge on any atom is -0.497 e. The number of rotatable bonds is 4. The van der Waals surface area contributed by atoms with Crippen LogP contribution in [0.3, 0.4) is 0 Å². The van der Waals surface area contributed by atoms with Gasteiger partial charge in [-0.15, -0.1) is 0 Å². The highest BCUT2D eigenvalue weighted by molar-refractivity contribution is 5.99. The van der Waals surface area contributed by atoms with Gasteiger partial charge in [0.2, 0.25) is 5.91 Å². The third kappa shape index (κ3) is 3.56. The number of anilines is 2. The number of H-pyrrole nitrogens is 1. The van der Waals surface area contributed by atoms with Crippen LogP contribution in [0.4, 0.5) is 11.5 Å². The van der Waals surface area contributed by atoms with Crippen molar-refractivity contribution in [1.29, 1.82) is 0 Å². The van der Waals surface area contributed by atoms with Crippen molar-refractivity contribution in [3.05, 3.63) is 66.5 Å². The van der Waals surface area contributed by atoms with E-state index < -0.39 is 0 Å². The number of hydrogen-bond acceptors (Lipinski definition) is 6. The number of carbonyl (C=O) groups excluding carboxylic acids is 1. The molecule has 2 aliphatic rings. The van der Waals surface area contributed by atoms with Gasteiger partial charge < -0.3 is 24.3 Å². The van der Waals surface area contributed by atoms with Crippen LogP contribution in [-0.4, -0.2) is 60.3 Å². The fourth-order valence-corrected chi connectivity index (χ4v) is 4.86. The zero-order valence-electron chi connectivity index (χ0n) is 18.9. The largest absolute Gasteiger partial charge is 0.497 e. The SMILES string of the molecule is COc1cccc(CC(=O)N2CC3COCCN3c3nc(-c4cccc5[nH]ccc45)ncc32)c1. The molecule has 8 heteroatoms. The van der Waals surface area contributed by atoms with E-state index in [1.807, 2.05) is 59.6 Å². The standard InChI is InChI=1S/C26H25N5O3/c1-33-19-5-2-4-17(12-19)13-24(32)31-15-18-16-34-11-10-30(18)26-23(31)14-28-25(29-26)21-6-3-7-22-20(21)8-9-27-22/h2-9,12,14,18,27H,10-11,13,15-16H2,1H3. The van der Waals surface area contributed by atoms with Gasteiger partial charge in [0, 0.05) is 35.8 Å². The normalized spacial score (nSPS) is 17.4. The third-order valence-corrected chi connectivity index (χ3v) is 6.56. The Morgan fingerprint density at radius 2 is 2.15 bits per heavy atom. The number of nitrogens with zero attached hydrogens (tertiary/aromatic N) is 4. The Balaban J connectivity index is 1.39. The topological polar surface area (TPSA) is 83.6 Å². The van der Waals surface area contributed by atoms with Crippen LogP contribution in [0, 0.1) is 0 Å². The number of carbonyl (C=O) groups is 1. The molecule has 0 saturated carbocycles. The van der Waals surface area contributed by atoms with Crippen molar-refractivity contribution in [3.8, 4) is 17.1 Å². The first-order chi connectivity index (χ1) is 16.7. The summed E-state index contributed by atoms with van der Waals surface area (Å²) >= 11 is 0. The van der Waals surface area contributed by atoms with Crippen LogP contribution in [0.5, 0.6) is 5.75 Å². The molecular formula is C26H25N5O3. The first kappa shape index (κ1) is 20.7. The van der Waals surface area contributed by atoms with Crippen molar-refractivity contribution in [2.24, 2.45) is 0 Å². The van der Waals surface area contributed by atoms with Crippen molar-refractivity contribution < 1.29 is 14.3 Å². The number of methoxy groups -OCH3 is 1. The van der Waals surface area contributed by atoms with E-state index in [2.05, 4.69) is 9.88 Å². The Labute approximate surface area is 197 Å². The predicted molar refractivity (Wildman–Crippen MR) is 130 cm³/mol. The molecule has 1 unspecified atom stereocenters. The van der Waals surface area contributed by atoms with Crippen LogP contribution >= 0.6 is 0 Å². The predicted octanol–water partition coefficient (Wildman–Crippen LogP) is 3.43. The molecule has 34 heavy (non-hydrogen) atoms. The fourth-order valence-electron chi connectivity index (χ4n) is 4.86. The Kier molecular flexibility index (Phi) is 5.15. The van der Waals surface area contributed by atoms with E-state index in [-0.39, 0.29) is 18.4 Å². The summed E-state index contributed by atoms with van der Waals surface area (Å²) in [5.41, 5.74) is 3.66. The number of morpholine rings is 1. The van der Waals surface area contributed by atoms with Crippen molar-refractivity contribution in [3.63, 3.8) is 0 Å². The van der Waals surface area contributed by atoms with E-state index in [0.29, 0.717) is 25.6 Å². The molecule has 1 amide bonds. The van der Waals surface area contributed by atoms with Gasteiger partial charge in [-0.25, -0.2) is 9.97 Å². The lowest BCUT2D eigenvalue weighted by Gasteiger charge is -2.44. The van der Waals surface area contributed by atoms with Crippen molar-refractivity contribution in [1.82, 2.24) is 15.0 Å². The smallest absolute Gasteiger partial charge is 0.231 e. The summed E-state index contributed by atoms with van der Waals surface area (Å²) in [6.45, 7) is 2.49. The number of aromatic nitrogens is 3. The molecule has 1 atom stereocenters. The number of benzene rings is 2. The molecule has 172 valence electrons. The second kappa shape index (κ2) is 8.46. The van der Waals surface area contributed by atoms with Gasteiger partial charge in [-0.3, -0.25) is 4.79 Å². The van der Waals surface area contributed by atoms with Crippen LogP contribution in [0.25, 0.3) is 22.3 Å². The molecule has 0 bridgehead atoms. The maximum absolute atomic E-state index is 13.5. The summed E-state index contributed by atoms with van der Waals surface area (Å²) in [6.07, 6.45) is 3.98. The van der Waals surface area contributed by atoms with E-state index in [0.717, 1.165) is 45.8 Å². The van der Waals surface area contributed by atoms with Crippen LogP contribution in [0.1, 0.15) is 5.56 Å². The van der Waals surface area contributed by atoms with Crippen molar-refractivity contribution in [2.75, 3.05) is 43.2 Å². The summed E-state index contributed by atoms with van der Waals surface area (Å²) in [4.78, 5) is 30.5. The molecule has 1 saturated heterocycles. The second-order valence-corrected chi connectivity index (χ2v) is 8.60. The van der Waals surface area contributed by atoms with Gasteiger partial charge in [-0.05, 0) is 29.8 Å². The number of ether oxygens (including phenoxy) is 2. The van der Waals surface area contributed by atoms with Gasteiger partial charge >= 0.3 is 0 Å². The molecule has 4 aromatic rings. The zero-order chi connectivity index (χ0) is 23.1. The average molecular weight is 456 g/mol. The maximum Gasteiger partial charge on any atom is 0.231 e. The summed E-state index contributed by atoms with van der Waals surface area (Å²) in [6, 6.07) is 15.8. The Morgan fingerprint density at radius 3 is 3.06 bits per heavy atom. The molecule has 2 aromatic heterocycles. The van der Waals surface area contributed by atoms with Gasteiger partial charge in [0.1, 0.15) is 11.4 Å². The maximum atomic E-state index is 13.5. The first-order valence-electron chi connectivity index (χ1n) is 11.4. The second-order valence-electron chi connectivity index (χ2n) is 8.60.